The standard InChI is InChI=1S/C15H24N2/c1-12(2)13-4-6-14(7-5-13)15(16)8-10-17(3)11-9-15/h4-7,12H,8-11,16H2,1-3H3. The molecule has 0 unspecified atom stereocenters. The minimum absolute atomic E-state index is 0.109. The summed E-state index contributed by atoms with van der Waals surface area (Å²) in [5.74, 6) is 0.593. The second-order valence-corrected chi connectivity index (χ2v) is 5.74. The molecular formula is C15H24N2. The molecule has 0 amide bonds. The lowest BCUT2D eigenvalue weighted by atomic mass is 9.81. The molecule has 94 valence electrons. The fourth-order valence-electron chi connectivity index (χ4n) is 2.51. The van der Waals surface area contributed by atoms with Gasteiger partial charge in [-0.15, -0.1) is 0 Å². The van der Waals surface area contributed by atoms with E-state index in [0.717, 1.165) is 25.9 Å². The Morgan fingerprint density at radius 3 is 2.12 bits per heavy atom. The maximum Gasteiger partial charge on any atom is 0.0434 e. The number of benzene rings is 1. The summed E-state index contributed by atoms with van der Waals surface area (Å²) >= 11 is 0. The van der Waals surface area contributed by atoms with Crippen LogP contribution in [-0.2, 0) is 5.54 Å². The van der Waals surface area contributed by atoms with Gasteiger partial charge in [-0.25, -0.2) is 0 Å². The molecule has 0 spiro atoms. The summed E-state index contributed by atoms with van der Waals surface area (Å²) in [4.78, 5) is 2.35. The Morgan fingerprint density at radius 2 is 1.65 bits per heavy atom. The lowest BCUT2D eigenvalue weighted by Gasteiger charge is -2.38. The molecule has 0 atom stereocenters. The summed E-state index contributed by atoms with van der Waals surface area (Å²) < 4.78 is 0. The van der Waals surface area contributed by atoms with Gasteiger partial charge in [0.25, 0.3) is 0 Å². The molecule has 2 rings (SSSR count). The van der Waals surface area contributed by atoms with Crippen molar-refractivity contribution in [3.8, 4) is 0 Å². The summed E-state index contributed by atoms with van der Waals surface area (Å²) in [5, 5.41) is 0. The number of rotatable bonds is 2. The first-order valence-corrected chi connectivity index (χ1v) is 6.59. The molecule has 1 aliphatic heterocycles. The maximum absolute atomic E-state index is 6.54. The van der Waals surface area contributed by atoms with Crippen molar-refractivity contribution < 1.29 is 0 Å². The van der Waals surface area contributed by atoms with Gasteiger partial charge >= 0.3 is 0 Å². The molecule has 0 bridgehead atoms. The highest BCUT2D eigenvalue weighted by molar-refractivity contribution is 5.30. The maximum atomic E-state index is 6.54. The summed E-state index contributed by atoms with van der Waals surface area (Å²) in [6.45, 7) is 6.65. The van der Waals surface area contributed by atoms with E-state index >= 15 is 0 Å². The van der Waals surface area contributed by atoms with Gasteiger partial charge in [0.05, 0.1) is 0 Å². The zero-order chi connectivity index (χ0) is 12.5. The Labute approximate surface area is 105 Å². The Hall–Kier alpha value is -0.860. The number of nitrogens with two attached hydrogens (primary N) is 1. The average molecular weight is 232 g/mol. The topological polar surface area (TPSA) is 29.3 Å². The molecule has 1 fully saturated rings. The van der Waals surface area contributed by atoms with Crippen LogP contribution in [-0.4, -0.2) is 25.0 Å². The first kappa shape index (κ1) is 12.6. The third kappa shape index (κ3) is 2.70. The fourth-order valence-corrected chi connectivity index (χ4v) is 2.51. The average Bonchev–Trinajstić information content (AvgIpc) is 2.33. The van der Waals surface area contributed by atoms with E-state index in [0.29, 0.717) is 5.92 Å². The lowest BCUT2D eigenvalue weighted by molar-refractivity contribution is 0.191. The number of hydrogen-bond donors (Lipinski definition) is 1. The van der Waals surface area contributed by atoms with E-state index in [4.69, 9.17) is 5.73 Å². The van der Waals surface area contributed by atoms with Crippen LogP contribution >= 0.6 is 0 Å². The Kier molecular flexibility index (Phi) is 3.55. The molecule has 1 aromatic rings. The second kappa shape index (κ2) is 4.79. The van der Waals surface area contributed by atoms with Crippen LogP contribution in [0.3, 0.4) is 0 Å². The van der Waals surface area contributed by atoms with Gasteiger partial charge in [0.2, 0.25) is 0 Å². The monoisotopic (exact) mass is 232 g/mol. The van der Waals surface area contributed by atoms with Gasteiger partial charge in [0, 0.05) is 5.54 Å². The zero-order valence-electron chi connectivity index (χ0n) is 11.2. The zero-order valence-corrected chi connectivity index (χ0v) is 11.2. The van der Waals surface area contributed by atoms with Crippen LogP contribution in [0.15, 0.2) is 24.3 Å². The smallest absolute Gasteiger partial charge is 0.0434 e. The number of likely N-dealkylation sites (tertiary alicyclic amines) is 1. The third-order valence-electron chi connectivity index (χ3n) is 4.03. The molecule has 0 radical (unpaired) electrons. The highest BCUT2D eigenvalue weighted by Gasteiger charge is 2.30. The molecule has 1 aromatic carbocycles. The SMILES string of the molecule is CC(C)c1ccc(C2(N)CCN(C)CC2)cc1. The Balaban J connectivity index is 2.16. The van der Waals surface area contributed by atoms with Gasteiger partial charge in [-0.05, 0) is 50.0 Å². The van der Waals surface area contributed by atoms with Crippen molar-refractivity contribution >= 4 is 0 Å². The van der Waals surface area contributed by atoms with Gasteiger partial charge < -0.3 is 10.6 Å². The summed E-state index contributed by atoms with van der Waals surface area (Å²) in [7, 11) is 2.17. The van der Waals surface area contributed by atoms with Crippen LogP contribution in [0.1, 0.15) is 43.7 Å². The molecule has 0 aromatic heterocycles. The lowest BCUT2D eigenvalue weighted by Crippen LogP contribution is -2.46. The van der Waals surface area contributed by atoms with Gasteiger partial charge in [0.15, 0.2) is 0 Å². The van der Waals surface area contributed by atoms with Crippen molar-refractivity contribution in [1.82, 2.24) is 4.90 Å². The van der Waals surface area contributed by atoms with Crippen molar-refractivity contribution in [2.75, 3.05) is 20.1 Å². The first-order valence-electron chi connectivity index (χ1n) is 6.59. The third-order valence-corrected chi connectivity index (χ3v) is 4.03. The predicted molar refractivity (Wildman–Crippen MR) is 73.1 cm³/mol. The van der Waals surface area contributed by atoms with E-state index in [9.17, 15) is 0 Å². The molecule has 2 nitrogen and oxygen atoms in total. The molecule has 0 saturated carbocycles. The predicted octanol–water partition coefficient (Wildman–Crippen LogP) is 2.69. The molecule has 2 heteroatoms. The van der Waals surface area contributed by atoms with Crippen molar-refractivity contribution in [3.05, 3.63) is 35.4 Å². The quantitative estimate of drug-likeness (QED) is 0.849. The van der Waals surface area contributed by atoms with Gasteiger partial charge in [0.1, 0.15) is 0 Å². The number of piperidine rings is 1. The van der Waals surface area contributed by atoms with Crippen molar-refractivity contribution in [2.24, 2.45) is 5.73 Å². The van der Waals surface area contributed by atoms with Crippen LogP contribution in [0.4, 0.5) is 0 Å². The van der Waals surface area contributed by atoms with Crippen molar-refractivity contribution in [1.29, 1.82) is 0 Å². The Bertz CT molecular complexity index is 359. The molecule has 17 heavy (non-hydrogen) atoms. The second-order valence-electron chi connectivity index (χ2n) is 5.74. The van der Waals surface area contributed by atoms with Crippen LogP contribution in [0.25, 0.3) is 0 Å². The van der Waals surface area contributed by atoms with E-state index in [1.165, 1.54) is 11.1 Å². The molecule has 2 N–H and O–H groups in total. The van der Waals surface area contributed by atoms with E-state index < -0.39 is 0 Å². The molecule has 0 aliphatic carbocycles. The van der Waals surface area contributed by atoms with E-state index in [1.807, 2.05) is 0 Å². The minimum Gasteiger partial charge on any atom is -0.321 e. The van der Waals surface area contributed by atoms with Crippen LogP contribution in [0, 0.1) is 0 Å². The van der Waals surface area contributed by atoms with E-state index in [-0.39, 0.29) is 5.54 Å². The fraction of sp³-hybridized carbons (Fsp3) is 0.600. The molecule has 1 heterocycles. The molecule has 1 aliphatic rings. The van der Waals surface area contributed by atoms with Gasteiger partial charge in [-0.1, -0.05) is 38.1 Å². The van der Waals surface area contributed by atoms with Gasteiger partial charge in [-0.2, -0.15) is 0 Å². The summed E-state index contributed by atoms with van der Waals surface area (Å²) in [6, 6.07) is 8.90. The molecular weight excluding hydrogens is 208 g/mol. The summed E-state index contributed by atoms with van der Waals surface area (Å²) in [5.41, 5.74) is 9.13. The van der Waals surface area contributed by atoms with Crippen LogP contribution < -0.4 is 5.73 Å². The first-order chi connectivity index (χ1) is 8.01. The van der Waals surface area contributed by atoms with Crippen molar-refractivity contribution in [3.63, 3.8) is 0 Å². The van der Waals surface area contributed by atoms with E-state index in [2.05, 4.69) is 50.1 Å². The minimum atomic E-state index is -0.109. The van der Waals surface area contributed by atoms with Crippen molar-refractivity contribution in [2.45, 2.75) is 38.1 Å². The normalized spacial score (nSPS) is 20.8. The van der Waals surface area contributed by atoms with Crippen LogP contribution in [0.5, 0.6) is 0 Å². The highest BCUT2D eigenvalue weighted by Crippen LogP contribution is 2.30. The number of hydrogen-bond acceptors (Lipinski definition) is 2. The Morgan fingerprint density at radius 1 is 1.12 bits per heavy atom. The number of nitrogens with zero attached hydrogens (tertiary/aromatic N) is 1. The van der Waals surface area contributed by atoms with E-state index in [1.54, 1.807) is 0 Å². The highest BCUT2D eigenvalue weighted by atomic mass is 15.1. The van der Waals surface area contributed by atoms with Crippen LogP contribution in [0.2, 0.25) is 0 Å². The molecule has 1 saturated heterocycles. The van der Waals surface area contributed by atoms with Gasteiger partial charge in [-0.3, -0.25) is 0 Å². The summed E-state index contributed by atoms with van der Waals surface area (Å²) in [6.07, 6.45) is 2.12. The largest absolute Gasteiger partial charge is 0.321 e.